The van der Waals surface area contributed by atoms with E-state index in [1.165, 1.54) is 17.7 Å². The molecule has 2 heteroatoms. The number of hydrogen-bond donors (Lipinski definition) is 0. The van der Waals surface area contributed by atoms with Crippen molar-refractivity contribution in [3.63, 3.8) is 0 Å². The van der Waals surface area contributed by atoms with Gasteiger partial charge in [-0.15, -0.1) is 0 Å². The van der Waals surface area contributed by atoms with E-state index in [9.17, 15) is 8.78 Å². The second kappa shape index (κ2) is 7.89. The van der Waals surface area contributed by atoms with E-state index in [1.54, 1.807) is 18.2 Å². The van der Waals surface area contributed by atoms with Crippen LogP contribution >= 0.6 is 0 Å². The zero-order valence-electron chi connectivity index (χ0n) is 14.1. The zero-order valence-corrected chi connectivity index (χ0v) is 14.1. The lowest BCUT2D eigenvalue weighted by atomic mass is 9.93. The molecule has 0 fully saturated rings. The summed E-state index contributed by atoms with van der Waals surface area (Å²) in [5.74, 6) is -0.194. The van der Waals surface area contributed by atoms with Crippen LogP contribution in [0.2, 0.25) is 0 Å². The molecule has 0 aliphatic carbocycles. The van der Waals surface area contributed by atoms with Crippen molar-refractivity contribution in [2.24, 2.45) is 0 Å². The fraction of sp³-hybridized carbons (Fsp3) is 0.130. The van der Waals surface area contributed by atoms with Crippen LogP contribution in [0.5, 0.6) is 0 Å². The largest absolute Gasteiger partial charge is 0.207 e. The van der Waals surface area contributed by atoms with E-state index in [2.05, 4.69) is 19.1 Å². The molecule has 3 rings (SSSR count). The van der Waals surface area contributed by atoms with Crippen molar-refractivity contribution in [2.75, 3.05) is 0 Å². The molecule has 0 aromatic heterocycles. The summed E-state index contributed by atoms with van der Waals surface area (Å²) < 4.78 is 27.3. The van der Waals surface area contributed by atoms with Crippen molar-refractivity contribution in [3.8, 4) is 0 Å². The predicted molar refractivity (Wildman–Crippen MR) is 100 cm³/mol. The Morgan fingerprint density at radius 2 is 1.44 bits per heavy atom. The summed E-state index contributed by atoms with van der Waals surface area (Å²) in [7, 11) is 0. The van der Waals surface area contributed by atoms with Gasteiger partial charge >= 0.3 is 0 Å². The highest BCUT2D eigenvalue weighted by atomic mass is 19.1. The molecule has 0 aliphatic rings. The van der Waals surface area contributed by atoms with Gasteiger partial charge in [-0.05, 0) is 52.8 Å². The molecular formula is C23H20F2. The highest BCUT2D eigenvalue weighted by Gasteiger charge is 2.10. The minimum Gasteiger partial charge on any atom is -0.207 e. The third-order valence-corrected chi connectivity index (χ3v) is 4.31. The van der Waals surface area contributed by atoms with Gasteiger partial charge in [0.2, 0.25) is 0 Å². The minimum absolute atomic E-state index is 0.191. The lowest BCUT2D eigenvalue weighted by molar-refractivity contribution is 0.597. The van der Waals surface area contributed by atoms with Crippen molar-refractivity contribution in [1.82, 2.24) is 0 Å². The van der Waals surface area contributed by atoms with Crippen LogP contribution in [0.3, 0.4) is 0 Å². The Balaban J connectivity index is 1.71. The summed E-state index contributed by atoms with van der Waals surface area (Å²) >= 11 is 0. The van der Waals surface area contributed by atoms with Gasteiger partial charge in [-0.25, -0.2) is 8.78 Å². The molecule has 0 nitrogen and oxygen atoms in total. The molecule has 0 N–H and O–H groups in total. The van der Waals surface area contributed by atoms with E-state index >= 15 is 0 Å². The lowest BCUT2D eigenvalue weighted by Crippen LogP contribution is -2.00. The Morgan fingerprint density at radius 1 is 0.800 bits per heavy atom. The van der Waals surface area contributed by atoms with Crippen LogP contribution in [-0.4, -0.2) is 0 Å². The van der Waals surface area contributed by atoms with E-state index in [0.29, 0.717) is 6.42 Å². The van der Waals surface area contributed by atoms with Gasteiger partial charge in [0, 0.05) is 0 Å². The molecule has 0 amide bonds. The summed E-state index contributed by atoms with van der Waals surface area (Å²) in [4.78, 5) is 0. The van der Waals surface area contributed by atoms with Gasteiger partial charge in [0.1, 0.15) is 11.6 Å². The van der Waals surface area contributed by atoms with Crippen molar-refractivity contribution in [3.05, 3.63) is 107 Å². The molecule has 126 valence electrons. The van der Waals surface area contributed by atoms with E-state index in [0.717, 1.165) is 16.7 Å². The monoisotopic (exact) mass is 334 g/mol. The Hall–Kier alpha value is -2.74. The van der Waals surface area contributed by atoms with Crippen LogP contribution in [0, 0.1) is 11.6 Å². The molecule has 0 saturated heterocycles. The third-order valence-electron chi connectivity index (χ3n) is 4.31. The fourth-order valence-corrected chi connectivity index (χ4v) is 2.83. The van der Waals surface area contributed by atoms with Gasteiger partial charge in [0.05, 0.1) is 0 Å². The SMILES string of the molecule is CC(Cc1ccc(/C=C/c2ccc(F)cc2)cc1F)c1ccccc1. The summed E-state index contributed by atoms with van der Waals surface area (Å²) in [6.07, 6.45) is 4.35. The Labute approximate surface area is 147 Å². The van der Waals surface area contributed by atoms with Crippen LogP contribution in [0.25, 0.3) is 12.2 Å². The second-order valence-electron chi connectivity index (χ2n) is 6.25. The maximum Gasteiger partial charge on any atom is 0.127 e. The van der Waals surface area contributed by atoms with Crippen LogP contribution < -0.4 is 0 Å². The van der Waals surface area contributed by atoms with E-state index < -0.39 is 0 Å². The molecule has 0 bridgehead atoms. The molecule has 0 saturated carbocycles. The standard InChI is InChI=1S/C23H20F2/c1-17(20-5-3-2-4-6-20)15-21-12-9-19(16-23(21)25)8-7-18-10-13-22(24)14-11-18/h2-14,16-17H,15H2,1H3/b8-7+. The smallest absolute Gasteiger partial charge is 0.127 e. The van der Waals surface area contributed by atoms with E-state index in [-0.39, 0.29) is 17.6 Å². The normalized spacial score (nSPS) is 12.4. The number of halogens is 2. The molecule has 3 aromatic carbocycles. The minimum atomic E-state index is -0.264. The molecule has 0 aliphatic heterocycles. The molecule has 0 spiro atoms. The highest BCUT2D eigenvalue weighted by molar-refractivity contribution is 5.69. The predicted octanol–water partition coefficient (Wildman–Crippen LogP) is 6.48. The summed E-state index contributed by atoms with van der Waals surface area (Å²) in [6, 6.07) is 21.7. The Kier molecular flexibility index (Phi) is 5.39. The third kappa shape index (κ3) is 4.63. The van der Waals surface area contributed by atoms with Crippen LogP contribution in [-0.2, 0) is 6.42 Å². The van der Waals surface area contributed by atoms with Gasteiger partial charge in [-0.3, -0.25) is 0 Å². The lowest BCUT2D eigenvalue weighted by Gasteiger charge is -2.13. The summed E-state index contributed by atoms with van der Waals surface area (Å²) in [5, 5.41) is 0. The first-order valence-corrected chi connectivity index (χ1v) is 8.39. The van der Waals surface area contributed by atoms with Crippen LogP contribution in [0.15, 0.2) is 72.8 Å². The number of benzene rings is 3. The summed E-state index contributed by atoms with van der Waals surface area (Å²) in [6.45, 7) is 2.11. The first-order chi connectivity index (χ1) is 12.1. The molecule has 0 radical (unpaired) electrons. The van der Waals surface area contributed by atoms with Crippen molar-refractivity contribution < 1.29 is 8.78 Å². The molecule has 25 heavy (non-hydrogen) atoms. The van der Waals surface area contributed by atoms with Gasteiger partial charge in [0.15, 0.2) is 0 Å². The molecule has 0 heterocycles. The zero-order chi connectivity index (χ0) is 17.6. The molecular weight excluding hydrogens is 314 g/mol. The quantitative estimate of drug-likeness (QED) is 0.468. The average Bonchev–Trinajstić information content (AvgIpc) is 2.64. The number of hydrogen-bond acceptors (Lipinski definition) is 0. The Morgan fingerprint density at radius 3 is 2.12 bits per heavy atom. The van der Waals surface area contributed by atoms with Crippen molar-refractivity contribution in [1.29, 1.82) is 0 Å². The first kappa shape index (κ1) is 17.1. The second-order valence-corrected chi connectivity index (χ2v) is 6.25. The fourth-order valence-electron chi connectivity index (χ4n) is 2.83. The summed E-state index contributed by atoms with van der Waals surface area (Å²) in [5.41, 5.74) is 3.60. The first-order valence-electron chi connectivity index (χ1n) is 8.39. The van der Waals surface area contributed by atoms with Crippen LogP contribution in [0.1, 0.15) is 35.1 Å². The van der Waals surface area contributed by atoms with Gasteiger partial charge in [-0.2, -0.15) is 0 Å². The van der Waals surface area contributed by atoms with Crippen LogP contribution in [0.4, 0.5) is 8.78 Å². The van der Waals surface area contributed by atoms with Gasteiger partial charge < -0.3 is 0 Å². The van der Waals surface area contributed by atoms with E-state index in [4.69, 9.17) is 0 Å². The van der Waals surface area contributed by atoms with Crippen molar-refractivity contribution >= 4 is 12.2 Å². The van der Waals surface area contributed by atoms with Gasteiger partial charge in [-0.1, -0.05) is 73.7 Å². The maximum absolute atomic E-state index is 14.4. The Bertz CT molecular complexity index is 849. The molecule has 1 unspecified atom stereocenters. The highest BCUT2D eigenvalue weighted by Crippen LogP contribution is 2.23. The van der Waals surface area contributed by atoms with E-state index in [1.807, 2.05) is 42.5 Å². The van der Waals surface area contributed by atoms with Gasteiger partial charge in [0.25, 0.3) is 0 Å². The molecule has 3 aromatic rings. The number of rotatable bonds is 5. The average molecular weight is 334 g/mol. The van der Waals surface area contributed by atoms with Crippen molar-refractivity contribution in [2.45, 2.75) is 19.3 Å². The maximum atomic E-state index is 14.4. The topological polar surface area (TPSA) is 0 Å². The molecule has 1 atom stereocenters.